The van der Waals surface area contributed by atoms with Crippen LogP contribution >= 0.6 is 0 Å². The highest BCUT2D eigenvalue weighted by Crippen LogP contribution is 2.36. The van der Waals surface area contributed by atoms with Gasteiger partial charge in [-0.2, -0.15) is 0 Å². The van der Waals surface area contributed by atoms with Crippen molar-refractivity contribution >= 4 is 112 Å². The lowest BCUT2D eigenvalue weighted by Gasteiger charge is -2.33. The molecule has 37 heteroatoms. The Morgan fingerprint density at radius 1 is 0.439 bits per heavy atom. The minimum atomic E-state index is -1.85. The molecule has 19 atom stereocenters. The second kappa shape index (κ2) is 60.4. The number of carbonyl (C=O) groups is 17. The number of nitrogens with zero attached hydrogens (tertiary/aromatic N) is 1. The molecule has 0 aromatic carbocycles. The van der Waals surface area contributed by atoms with Crippen LogP contribution in [0.4, 0.5) is 0 Å². The SMILES string of the molecule is C=C(C)CCCC[C@H](NC(=O)C(C)NC(=O)C(C)CCC(=O)O)C(=O)C1CCCC1C(=O)N[C@@H](C)C(=O)NC(CC(C)C)C(=O)N[C@@H](CC(C)C)C(=O)NC(C(=O)N[C@@H](CO)C(=O)CC(CCCNC(C)=N)C(=O)N[C@@H](CC(C)C)C(=O)NC(CCCNC(C)=N)C(=O)N[C@@H](CC1CCCCC1)C(=O)CC(C(=O)N1CCC[C@H]1C(=O)NC(CCCCC)C(=O)O)C(C)CC)C(C)O. The van der Waals surface area contributed by atoms with Crippen molar-refractivity contribution in [2.45, 2.75) is 388 Å². The predicted molar refractivity (Wildman–Crippen MR) is 500 cm³/mol. The number of aliphatic hydroxyl groups excluding tert-OH is 2. The molecular weight excluding hydrogens is 1700 g/mol. The van der Waals surface area contributed by atoms with Gasteiger partial charge in [0.15, 0.2) is 17.3 Å². The molecule has 132 heavy (non-hydrogen) atoms. The number of hydrogen-bond donors (Lipinski definition) is 19. The number of likely N-dealkylation sites (tertiary alicyclic amines) is 1. The summed E-state index contributed by atoms with van der Waals surface area (Å²) in [5.41, 5.74) is 0.920. The Labute approximate surface area is 781 Å². The average molecular weight is 1860 g/mol. The van der Waals surface area contributed by atoms with E-state index < -0.39 is 221 Å². The van der Waals surface area contributed by atoms with Gasteiger partial charge in [0.1, 0.15) is 60.4 Å². The van der Waals surface area contributed by atoms with Crippen LogP contribution in [0, 0.1) is 70.0 Å². The molecule has 2 aliphatic carbocycles. The number of amides is 12. The fourth-order valence-electron chi connectivity index (χ4n) is 17.2. The van der Waals surface area contributed by atoms with E-state index in [0.717, 1.165) is 50.5 Å². The summed E-state index contributed by atoms with van der Waals surface area (Å²) in [6.45, 7) is 30.2. The van der Waals surface area contributed by atoms with Crippen molar-refractivity contribution in [1.29, 1.82) is 10.8 Å². The van der Waals surface area contributed by atoms with Crippen molar-refractivity contribution in [3.8, 4) is 0 Å². The van der Waals surface area contributed by atoms with Gasteiger partial charge in [0.25, 0.3) is 0 Å². The van der Waals surface area contributed by atoms with Gasteiger partial charge in [0.05, 0.1) is 36.5 Å². The Balaban J connectivity index is 1.91. The zero-order valence-corrected chi connectivity index (χ0v) is 81.4. The van der Waals surface area contributed by atoms with Gasteiger partial charge in [-0.15, -0.1) is 6.58 Å². The zero-order chi connectivity index (χ0) is 99.3. The lowest BCUT2D eigenvalue weighted by Crippen LogP contribution is -2.61. The van der Waals surface area contributed by atoms with E-state index in [1.807, 2.05) is 27.7 Å². The van der Waals surface area contributed by atoms with Crippen molar-refractivity contribution < 1.29 is 102 Å². The van der Waals surface area contributed by atoms with Crippen LogP contribution in [0.2, 0.25) is 0 Å². The molecule has 0 aromatic heterocycles. The maximum Gasteiger partial charge on any atom is 0.326 e. The summed E-state index contributed by atoms with van der Waals surface area (Å²) in [4.78, 5) is 241. The summed E-state index contributed by atoms with van der Waals surface area (Å²) < 4.78 is 0. The number of Topliss-reactive ketones (excluding diaryl/α,β-unsaturated/α-hetero) is 3. The molecule has 3 fully saturated rings. The molecule has 0 radical (unpaired) electrons. The first-order chi connectivity index (χ1) is 62.1. The molecule has 1 aliphatic heterocycles. The number of allylic oxidation sites excluding steroid dienone is 1. The van der Waals surface area contributed by atoms with Crippen molar-refractivity contribution in [2.75, 3.05) is 26.2 Å². The zero-order valence-electron chi connectivity index (χ0n) is 81.4. The summed E-state index contributed by atoms with van der Waals surface area (Å²) >= 11 is 0. The number of unbranched alkanes of at least 4 members (excludes halogenated alkanes) is 3. The minimum Gasteiger partial charge on any atom is -0.481 e. The Bertz CT molecular complexity index is 3850. The highest BCUT2D eigenvalue weighted by atomic mass is 16.4. The van der Waals surface area contributed by atoms with Crippen LogP contribution in [0.15, 0.2) is 12.2 Å². The molecule has 37 nitrogen and oxygen atoms in total. The van der Waals surface area contributed by atoms with Gasteiger partial charge in [-0.1, -0.05) is 145 Å². The molecule has 0 spiro atoms. The Morgan fingerprint density at radius 2 is 0.924 bits per heavy atom. The van der Waals surface area contributed by atoms with Gasteiger partial charge in [-0.3, -0.25) is 87.5 Å². The van der Waals surface area contributed by atoms with Crippen molar-refractivity contribution in [1.82, 2.24) is 74.0 Å². The van der Waals surface area contributed by atoms with Gasteiger partial charge < -0.3 is 94.4 Å². The van der Waals surface area contributed by atoms with Crippen LogP contribution in [0.3, 0.4) is 0 Å². The summed E-state index contributed by atoms with van der Waals surface area (Å²) in [6, 6.07) is -15.8. The van der Waals surface area contributed by atoms with E-state index in [2.05, 4.69) is 75.7 Å². The Hall–Kier alpha value is -9.81. The van der Waals surface area contributed by atoms with Crippen LogP contribution in [-0.4, -0.2) is 242 Å². The van der Waals surface area contributed by atoms with Crippen molar-refractivity contribution in [3.63, 3.8) is 0 Å². The van der Waals surface area contributed by atoms with Gasteiger partial charge in [-0.05, 0) is 180 Å². The van der Waals surface area contributed by atoms with Crippen LogP contribution in [0.1, 0.15) is 310 Å². The maximum atomic E-state index is 15.1. The average Bonchev–Trinajstić information content (AvgIpc) is 1.62. The molecule has 12 unspecified atom stereocenters. The third-order valence-electron chi connectivity index (χ3n) is 25.2. The third-order valence-corrected chi connectivity index (χ3v) is 25.2. The number of aliphatic carboxylic acids is 2. The van der Waals surface area contributed by atoms with Gasteiger partial charge >= 0.3 is 11.9 Å². The predicted octanol–water partition coefficient (Wildman–Crippen LogP) is 6.05. The van der Waals surface area contributed by atoms with Gasteiger partial charge in [-0.25, -0.2) is 4.79 Å². The molecule has 3 aliphatic rings. The van der Waals surface area contributed by atoms with E-state index >= 15 is 9.59 Å². The molecule has 2 saturated carbocycles. The Morgan fingerprint density at radius 3 is 1.45 bits per heavy atom. The molecule has 12 amide bonds. The normalized spacial score (nSPS) is 18.7. The fraction of sp³-hybridized carbons (Fsp3) is 0.779. The van der Waals surface area contributed by atoms with E-state index in [1.165, 1.54) is 46.4 Å². The largest absolute Gasteiger partial charge is 0.481 e. The van der Waals surface area contributed by atoms with Crippen LogP contribution < -0.4 is 69.1 Å². The lowest BCUT2D eigenvalue weighted by atomic mass is 9.80. The van der Waals surface area contributed by atoms with Crippen LogP contribution in [0.25, 0.3) is 0 Å². The maximum absolute atomic E-state index is 15.1. The number of amidine groups is 2. The Kier molecular flexibility index (Phi) is 53.3. The second-order valence-electron chi connectivity index (χ2n) is 38.5. The standard InChI is InChI=1S/C95H162N16O21/c1-18-20-22-38-71(95(131)132)104-92(128)77-40-30-45-111(77)94(130)68(57(11)19-2)51-79(115)72(49-64-32-23-21-24-33-64)105-88(124)70(39-29-44-99-63(17)97)103-89(125)74(47-55(7)8)107-86(122)65(34-28-43-98-62(16)96)50-78(114)76(52-112)109-93(129)81(61(15)113)110-91(127)75(48-56(9)10)108-90(126)73(46-54(5)6)106-85(121)60(14)101-87(123)67-36-27-35-66(67)82(118)69(37-26-25-31-53(3)4)102-84(120)59(13)100-83(119)58(12)41-42-80(116)117/h54-61,64-77,81,112-113H,3,18-52H2,1-2,4-17H3,(H2,96,98)(H2,97,99)(H,100,119)(H,101,123)(H,102,120)(H,103,125)(H,104,128)(H,105,124)(H,106,121)(H,107,122)(H,108,126)(H,109,129)(H,110,127)(H,116,117)(H,131,132)/t57?,58?,59?,60-,61?,65?,66?,67?,68?,69-,70?,71?,72-,73?,74-,75-,76-,77-,81?/m0/s1. The van der Waals surface area contributed by atoms with Crippen molar-refractivity contribution in [3.05, 3.63) is 12.2 Å². The fourth-order valence-corrected chi connectivity index (χ4v) is 17.2. The summed E-state index contributed by atoms with van der Waals surface area (Å²) in [7, 11) is 0. The molecule has 0 aromatic rings. The molecular formula is C95H162N16O21. The smallest absolute Gasteiger partial charge is 0.326 e. The molecule has 1 heterocycles. The van der Waals surface area contributed by atoms with Crippen LogP contribution in [0.5, 0.6) is 0 Å². The molecule has 3 rings (SSSR count). The topological polar surface area (TPSA) is 578 Å². The lowest BCUT2D eigenvalue weighted by molar-refractivity contribution is -0.146. The highest BCUT2D eigenvalue weighted by Gasteiger charge is 2.46. The highest BCUT2D eigenvalue weighted by molar-refractivity contribution is 6.01. The second-order valence-corrected chi connectivity index (χ2v) is 38.5. The number of carbonyl (C=O) groups excluding carboxylic acids is 15. The first-order valence-corrected chi connectivity index (χ1v) is 48.3. The summed E-state index contributed by atoms with van der Waals surface area (Å²) in [5.74, 6) is -18.7. The number of hydrogen-bond acceptors (Lipinski definition) is 21. The monoisotopic (exact) mass is 1860 g/mol. The van der Waals surface area contributed by atoms with E-state index in [9.17, 15) is 87.2 Å². The van der Waals surface area contributed by atoms with Gasteiger partial charge in [0, 0.05) is 68.5 Å². The molecule has 748 valence electrons. The number of carboxylic acids is 2. The van der Waals surface area contributed by atoms with Crippen LogP contribution in [-0.2, 0) is 81.5 Å². The molecule has 0 bridgehead atoms. The summed E-state index contributed by atoms with van der Waals surface area (Å²) in [6.07, 6.45) is 8.63. The molecule has 19 N–H and O–H groups in total. The van der Waals surface area contributed by atoms with E-state index in [1.54, 1.807) is 41.5 Å². The number of carboxylic acid groups (broad SMARTS) is 2. The van der Waals surface area contributed by atoms with E-state index in [-0.39, 0.29) is 151 Å². The quantitative estimate of drug-likeness (QED) is 0.0143. The van der Waals surface area contributed by atoms with E-state index in [0.29, 0.717) is 57.8 Å². The minimum absolute atomic E-state index is 0.00432. The first-order valence-electron chi connectivity index (χ1n) is 48.3. The van der Waals surface area contributed by atoms with E-state index in [4.69, 9.17) is 15.9 Å². The third kappa shape index (κ3) is 42.2. The van der Waals surface area contributed by atoms with Gasteiger partial charge in [0.2, 0.25) is 70.9 Å². The number of rotatable bonds is 64. The summed E-state index contributed by atoms with van der Waals surface area (Å²) in [5, 5.41) is 92.6. The molecule has 1 saturated heterocycles. The number of nitrogens with one attached hydrogen (secondary N) is 15. The number of aliphatic hydroxyl groups is 2. The first kappa shape index (κ1) is 116. The number of ketones is 3. The van der Waals surface area contributed by atoms with Crippen molar-refractivity contribution in [2.24, 2.45) is 59.2 Å².